The Balaban J connectivity index is 1.66. The van der Waals surface area contributed by atoms with Crippen LogP contribution in [0, 0.1) is 12.7 Å². The number of amides is 2. The maximum atomic E-state index is 12.9. The van der Waals surface area contributed by atoms with Crippen molar-refractivity contribution >= 4 is 17.5 Å². The average Bonchev–Trinajstić information content (AvgIpc) is 2.68. The van der Waals surface area contributed by atoms with Gasteiger partial charge < -0.3 is 10.6 Å². The first-order chi connectivity index (χ1) is 13.0. The van der Waals surface area contributed by atoms with Gasteiger partial charge in [-0.2, -0.15) is 0 Å². The standard InChI is InChI=1S/C21H18FN3O2/c1-14-3-2-4-15(11-14)13-24-21(27)19-12-16(9-10-23-19)20(26)25-18-7-5-17(22)6-8-18/h2-12H,13H2,1H3,(H,24,27)(H,25,26). The Labute approximate surface area is 156 Å². The van der Waals surface area contributed by atoms with E-state index >= 15 is 0 Å². The molecule has 0 saturated heterocycles. The zero-order valence-electron chi connectivity index (χ0n) is 14.7. The fourth-order valence-corrected chi connectivity index (χ4v) is 2.53. The maximum Gasteiger partial charge on any atom is 0.270 e. The molecule has 1 aromatic heterocycles. The molecule has 3 aromatic rings. The van der Waals surface area contributed by atoms with Gasteiger partial charge in [0.05, 0.1) is 0 Å². The van der Waals surface area contributed by atoms with Gasteiger partial charge in [-0.3, -0.25) is 14.6 Å². The number of carbonyl (C=O) groups is 2. The molecule has 0 saturated carbocycles. The van der Waals surface area contributed by atoms with E-state index in [9.17, 15) is 14.0 Å². The number of benzene rings is 2. The summed E-state index contributed by atoms with van der Waals surface area (Å²) in [6.07, 6.45) is 1.40. The molecular formula is C21H18FN3O2. The van der Waals surface area contributed by atoms with Crippen LogP contribution in [0.15, 0.2) is 66.9 Å². The largest absolute Gasteiger partial charge is 0.347 e. The summed E-state index contributed by atoms with van der Waals surface area (Å²) in [5, 5.41) is 5.44. The minimum atomic E-state index is -0.406. The Kier molecular flexibility index (Phi) is 5.56. The van der Waals surface area contributed by atoms with Gasteiger partial charge in [-0.15, -0.1) is 0 Å². The third-order valence-electron chi connectivity index (χ3n) is 3.89. The maximum absolute atomic E-state index is 12.9. The highest BCUT2D eigenvalue weighted by molar-refractivity contribution is 6.05. The fourth-order valence-electron chi connectivity index (χ4n) is 2.53. The van der Waals surface area contributed by atoms with Crippen LogP contribution in [0.1, 0.15) is 32.0 Å². The van der Waals surface area contributed by atoms with Crippen LogP contribution in [-0.2, 0) is 6.54 Å². The van der Waals surface area contributed by atoms with E-state index in [4.69, 9.17) is 0 Å². The molecule has 0 aliphatic carbocycles. The van der Waals surface area contributed by atoms with Gasteiger partial charge in [0.2, 0.25) is 0 Å². The molecule has 1 heterocycles. The van der Waals surface area contributed by atoms with Gasteiger partial charge in [-0.25, -0.2) is 4.39 Å². The lowest BCUT2D eigenvalue weighted by molar-refractivity contribution is 0.0946. The molecule has 0 atom stereocenters. The summed E-state index contributed by atoms with van der Waals surface area (Å²) < 4.78 is 12.9. The van der Waals surface area contributed by atoms with Crippen molar-refractivity contribution in [2.75, 3.05) is 5.32 Å². The summed E-state index contributed by atoms with van der Waals surface area (Å²) in [4.78, 5) is 28.7. The molecule has 0 unspecified atom stereocenters. The summed E-state index contributed by atoms with van der Waals surface area (Å²) in [6.45, 7) is 2.35. The van der Waals surface area contributed by atoms with Crippen molar-refractivity contribution in [3.8, 4) is 0 Å². The topological polar surface area (TPSA) is 71.1 Å². The second-order valence-electron chi connectivity index (χ2n) is 6.06. The van der Waals surface area contributed by atoms with E-state index in [2.05, 4.69) is 15.6 Å². The van der Waals surface area contributed by atoms with Gasteiger partial charge in [0.25, 0.3) is 11.8 Å². The second-order valence-corrected chi connectivity index (χ2v) is 6.06. The number of hydrogen-bond donors (Lipinski definition) is 2. The molecule has 6 heteroatoms. The first-order valence-corrected chi connectivity index (χ1v) is 8.38. The number of nitrogens with zero attached hydrogens (tertiary/aromatic N) is 1. The van der Waals surface area contributed by atoms with Crippen LogP contribution in [0.2, 0.25) is 0 Å². The average molecular weight is 363 g/mol. The van der Waals surface area contributed by atoms with E-state index in [1.807, 2.05) is 31.2 Å². The zero-order chi connectivity index (χ0) is 19.2. The van der Waals surface area contributed by atoms with Crippen molar-refractivity contribution in [1.82, 2.24) is 10.3 Å². The van der Waals surface area contributed by atoms with E-state index in [-0.39, 0.29) is 23.0 Å². The van der Waals surface area contributed by atoms with Gasteiger partial charge in [0.15, 0.2) is 0 Å². The quantitative estimate of drug-likeness (QED) is 0.726. The molecule has 2 amide bonds. The normalized spacial score (nSPS) is 10.3. The number of pyridine rings is 1. The molecule has 2 N–H and O–H groups in total. The monoisotopic (exact) mass is 363 g/mol. The molecule has 0 fully saturated rings. The lowest BCUT2D eigenvalue weighted by Gasteiger charge is -2.08. The van der Waals surface area contributed by atoms with Gasteiger partial charge in [-0.1, -0.05) is 29.8 Å². The highest BCUT2D eigenvalue weighted by Gasteiger charge is 2.12. The van der Waals surface area contributed by atoms with E-state index < -0.39 is 5.91 Å². The fraction of sp³-hybridized carbons (Fsp3) is 0.0952. The number of aryl methyl sites for hydroxylation is 1. The third-order valence-corrected chi connectivity index (χ3v) is 3.89. The number of nitrogens with one attached hydrogen (secondary N) is 2. The Morgan fingerprint density at radius 1 is 1.00 bits per heavy atom. The van der Waals surface area contributed by atoms with E-state index in [1.54, 1.807) is 0 Å². The van der Waals surface area contributed by atoms with Gasteiger partial charge in [-0.05, 0) is 48.9 Å². The highest BCUT2D eigenvalue weighted by Crippen LogP contribution is 2.11. The minimum Gasteiger partial charge on any atom is -0.347 e. The smallest absolute Gasteiger partial charge is 0.270 e. The van der Waals surface area contributed by atoms with E-state index in [0.29, 0.717) is 12.2 Å². The summed E-state index contributed by atoms with van der Waals surface area (Å²) >= 11 is 0. The van der Waals surface area contributed by atoms with Crippen LogP contribution in [0.3, 0.4) is 0 Å². The van der Waals surface area contributed by atoms with Crippen molar-refractivity contribution in [2.45, 2.75) is 13.5 Å². The molecule has 136 valence electrons. The molecular weight excluding hydrogens is 345 g/mol. The third kappa shape index (κ3) is 4.98. The van der Waals surface area contributed by atoms with Crippen molar-refractivity contribution in [2.24, 2.45) is 0 Å². The minimum absolute atomic E-state index is 0.148. The summed E-state index contributed by atoms with van der Waals surface area (Å²) in [5.41, 5.74) is 2.99. The molecule has 0 radical (unpaired) electrons. The predicted octanol–water partition coefficient (Wildman–Crippen LogP) is 3.71. The van der Waals surface area contributed by atoms with E-state index in [0.717, 1.165) is 11.1 Å². The number of hydrogen-bond acceptors (Lipinski definition) is 3. The van der Waals surface area contributed by atoms with Crippen molar-refractivity contribution in [1.29, 1.82) is 0 Å². The highest BCUT2D eigenvalue weighted by atomic mass is 19.1. The molecule has 0 aliphatic rings. The molecule has 0 spiro atoms. The molecule has 27 heavy (non-hydrogen) atoms. The summed E-state index contributed by atoms with van der Waals surface area (Å²) in [7, 11) is 0. The molecule has 5 nitrogen and oxygen atoms in total. The molecule has 3 rings (SSSR count). The van der Waals surface area contributed by atoms with Gasteiger partial charge in [0.1, 0.15) is 11.5 Å². The van der Waals surface area contributed by atoms with Crippen LogP contribution in [0.25, 0.3) is 0 Å². The Morgan fingerprint density at radius 3 is 2.52 bits per heavy atom. The number of rotatable bonds is 5. The Hall–Kier alpha value is -3.54. The zero-order valence-corrected chi connectivity index (χ0v) is 14.7. The Morgan fingerprint density at radius 2 is 1.78 bits per heavy atom. The van der Waals surface area contributed by atoms with Crippen molar-refractivity contribution in [3.05, 3.63) is 95.1 Å². The first-order valence-electron chi connectivity index (χ1n) is 8.38. The molecule has 2 aromatic carbocycles. The Bertz CT molecular complexity index is 971. The van der Waals surface area contributed by atoms with Crippen molar-refractivity contribution in [3.63, 3.8) is 0 Å². The first kappa shape index (κ1) is 18.3. The molecule has 0 bridgehead atoms. The number of anilines is 1. The van der Waals surface area contributed by atoms with Crippen LogP contribution >= 0.6 is 0 Å². The predicted molar refractivity (Wildman–Crippen MR) is 101 cm³/mol. The number of carbonyl (C=O) groups excluding carboxylic acids is 2. The number of aromatic nitrogens is 1. The molecule has 0 aliphatic heterocycles. The summed E-state index contributed by atoms with van der Waals surface area (Å²) in [6, 6.07) is 16.2. The number of halogens is 1. The summed E-state index contributed by atoms with van der Waals surface area (Å²) in [5.74, 6) is -1.16. The van der Waals surface area contributed by atoms with Crippen LogP contribution < -0.4 is 10.6 Å². The second kappa shape index (κ2) is 8.23. The SMILES string of the molecule is Cc1cccc(CNC(=O)c2cc(C(=O)Nc3ccc(F)cc3)ccn2)c1. The van der Waals surface area contributed by atoms with Gasteiger partial charge in [0, 0.05) is 24.0 Å². The lowest BCUT2D eigenvalue weighted by atomic mass is 10.1. The van der Waals surface area contributed by atoms with Gasteiger partial charge >= 0.3 is 0 Å². The van der Waals surface area contributed by atoms with E-state index in [1.165, 1.54) is 42.6 Å². The van der Waals surface area contributed by atoms with Crippen LogP contribution in [0.5, 0.6) is 0 Å². The lowest BCUT2D eigenvalue weighted by Crippen LogP contribution is -2.24. The van der Waals surface area contributed by atoms with Crippen LogP contribution in [-0.4, -0.2) is 16.8 Å². The van der Waals surface area contributed by atoms with Crippen molar-refractivity contribution < 1.29 is 14.0 Å². The van der Waals surface area contributed by atoms with Crippen LogP contribution in [0.4, 0.5) is 10.1 Å².